The maximum atomic E-state index is 10.6. The highest BCUT2D eigenvalue weighted by Crippen LogP contribution is 2.18. The van der Waals surface area contributed by atoms with E-state index in [1.807, 2.05) is 0 Å². The van der Waals surface area contributed by atoms with Crippen molar-refractivity contribution >= 4 is 50.1 Å². The van der Waals surface area contributed by atoms with Crippen LogP contribution in [-0.4, -0.2) is 25.7 Å². The Labute approximate surface area is 72.6 Å². The number of hydrogen-bond acceptors (Lipinski definition) is 3. The van der Waals surface area contributed by atoms with Gasteiger partial charge in [0.15, 0.2) is 0 Å². The molecule has 4 amide bonds. The smallest absolute Gasteiger partial charge is 0.262 e. The van der Waals surface area contributed by atoms with Crippen molar-refractivity contribution in [3.05, 3.63) is 0 Å². The van der Waals surface area contributed by atoms with Crippen molar-refractivity contribution in [1.82, 2.24) is 7.85 Å². The quantitative estimate of drug-likeness (QED) is 0.364. The molecule has 0 bridgehead atoms. The third kappa shape index (κ3) is 0.853. The SMILES string of the molecule is O=C1C(=O)N(Br)C(=O)N1Br. The zero-order chi connectivity index (χ0) is 7.89. The molecule has 0 atom stereocenters. The zero-order valence-corrected chi connectivity index (χ0v) is 7.55. The summed E-state index contributed by atoms with van der Waals surface area (Å²) in [5.74, 6) is -1.80. The summed E-state index contributed by atoms with van der Waals surface area (Å²) in [4.78, 5) is 31.8. The van der Waals surface area contributed by atoms with Gasteiger partial charge in [-0.05, 0) is 0 Å². The Morgan fingerprint density at radius 3 is 1.30 bits per heavy atom. The Morgan fingerprint density at radius 2 is 1.20 bits per heavy atom. The lowest BCUT2D eigenvalue weighted by atomic mass is 10.6. The lowest BCUT2D eigenvalue weighted by Crippen LogP contribution is -2.19. The second-order valence-corrected chi connectivity index (χ2v) is 2.87. The van der Waals surface area contributed by atoms with E-state index in [9.17, 15) is 14.4 Å². The number of carbonyl (C=O) groups excluding carboxylic acids is 3. The molecule has 10 heavy (non-hydrogen) atoms. The second-order valence-electron chi connectivity index (χ2n) is 1.45. The van der Waals surface area contributed by atoms with Gasteiger partial charge in [0.1, 0.15) is 0 Å². The number of amides is 4. The molecule has 0 spiro atoms. The summed E-state index contributed by atoms with van der Waals surface area (Å²) in [7, 11) is 0. The summed E-state index contributed by atoms with van der Waals surface area (Å²) < 4.78 is 1.09. The molecule has 1 aliphatic heterocycles. The third-order valence-electron chi connectivity index (χ3n) is 0.875. The Kier molecular flexibility index (Phi) is 1.78. The van der Waals surface area contributed by atoms with Gasteiger partial charge in [0, 0.05) is 0 Å². The molecular formula is C3Br2N2O3. The first-order chi connectivity index (χ1) is 4.55. The number of imide groups is 2. The molecule has 7 heteroatoms. The van der Waals surface area contributed by atoms with E-state index in [0.29, 0.717) is 7.85 Å². The highest BCUT2D eigenvalue weighted by Gasteiger charge is 2.42. The topological polar surface area (TPSA) is 57.7 Å². The molecule has 0 aromatic heterocycles. The summed E-state index contributed by atoms with van der Waals surface area (Å²) in [6.07, 6.45) is 0. The van der Waals surface area contributed by atoms with Crippen LogP contribution in [0.5, 0.6) is 0 Å². The van der Waals surface area contributed by atoms with E-state index >= 15 is 0 Å². The van der Waals surface area contributed by atoms with Gasteiger partial charge < -0.3 is 0 Å². The summed E-state index contributed by atoms with van der Waals surface area (Å²) in [6.45, 7) is 0. The molecule has 1 rings (SSSR count). The molecule has 0 aromatic carbocycles. The van der Waals surface area contributed by atoms with E-state index in [-0.39, 0.29) is 0 Å². The lowest BCUT2D eigenvalue weighted by Gasteiger charge is -1.98. The van der Waals surface area contributed by atoms with Crippen molar-refractivity contribution in [3.63, 3.8) is 0 Å². The van der Waals surface area contributed by atoms with Gasteiger partial charge in [-0.1, -0.05) is 0 Å². The van der Waals surface area contributed by atoms with Gasteiger partial charge in [-0.25, -0.2) is 4.79 Å². The fourth-order valence-corrected chi connectivity index (χ4v) is 1.25. The van der Waals surface area contributed by atoms with Gasteiger partial charge in [0.25, 0.3) is 0 Å². The first kappa shape index (κ1) is 7.67. The molecular weight excluding hydrogens is 272 g/mol. The van der Waals surface area contributed by atoms with Crippen molar-refractivity contribution in [2.24, 2.45) is 0 Å². The fourth-order valence-electron chi connectivity index (χ4n) is 0.419. The minimum atomic E-state index is -0.901. The minimum Gasteiger partial charge on any atom is -0.262 e. The van der Waals surface area contributed by atoms with Crippen LogP contribution in [0.15, 0.2) is 0 Å². The van der Waals surface area contributed by atoms with Crippen molar-refractivity contribution in [1.29, 1.82) is 0 Å². The van der Waals surface area contributed by atoms with Crippen molar-refractivity contribution in [2.75, 3.05) is 0 Å². The maximum Gasteiger partial charge on any atom is 0.354 e. The predicted molar refractivity (Wildman–Crippen MR) is 36.9 cm³/mol. The number of urea groups is 1. The van der Waals surface area contributed by atoms with E-state index in [2.05, 4.69) is 32.3 Å². The normalized spacial score (nSPS) is 19.2. The number of carbonyl (C=O) groups is 3. The standard InChI is InChI=1S/C3Br2N2O3/c4-6-1(8)2(9)7(5)3(6)10. The first-order valence-corrected chi connectivity index (χ1v) is 3.51. The minimum absolute atomic E-state index is 0.546. The molecule has 5 nitrogen and oxygen atoms in total. The van der Waals surface area contributed by atoms with Gasteiger partial charge in [0.2, 0.25) is 0 Å². The highest BCUT2D eigenvalue weighted by atomic mass is 79.9. The maximum absolute atomic E-state index is 10.6. The molecule has 1 heterocycles. The average Bonchev–Trinajstić information content (AvgIpc) is 2.07. The van der Waals surface area contributed by atoms with E-state index in [1.54, 1.807) is 0 Å². The number of hydrogen-bond donors (Lipinski definition) is 0. The average molecular weight is 272 g/mol. The highest BCUT2D eigenvalue weighted by molar-refractivity contribution is 9.08. The van der Waals surface area contributed by atoms with Crippen LogP contribution in [-0.2, 0) is 9.59 Å². The van der Waals surface area contributed by atoms with Gasteiger partial charge in [-0.3, -0.25) is 9.59 Å². The predicted octanol–water partition coefficient (Wildman–Crippen LogP) is 0.397. The van der Waals surface area contributed by atoms with E-state index in [1.165, 1.54) is 0 Å². The van der Waals surface area contributed by atoms with Crippen LogP contribution >= 0.6 is 32.3 Å². The van der Waals surface area contributed by atoms with Crippen LogP contribution in [0.1, 0.15) is 0 Å². The Balaban J connectivity index is 3.00. The summed E-state index contributed by atoms with van der Waals surface area (Å²) in [6, 6.07) is -0.741. The van der Waals surface area contributed by atoms with Crippen LogP contribution < -0.4 is 0 Å². The number of rotatable bonds is 0. The lowest BCUT2D eigenvalue weighted by molar-refractivity contribution is -0.139. The number of halogens is 2. The fraction of sp³-hybridized carbons (Fsp3) is 0. The first-order valence-electron chi connectivity index (χ1n) is 2.09. The van der Waals surface area contributed by atoms with Gasteiger partial charge in [0.05, 0.1) is 32.3 Å². The molecule has 54 valence electrons. The van der Waals surface area contributed by atoms with Crippen LogP contribution in [0.25, 0.3) is 0 Å². The summed E-state index contributed by atoms with van der Waals surface area (Å²) >= 11 is 5.18. The van der Waals surface area contributed by atoms with E-state index in [4.69, 9.17) is 0 Å². The molecule has 1 saturated heterocycles. The molecule has 0 radical (unpaired) electrons. The van der Waals surface area contributed by atoms with Crippen LogP contribution in [0.4, 0.5) is 4.79 Å². The summed E-state index contributed by atoms with van der Waals surface area (Å²) in [5.41, 5.74) is 0. The molecule has 1 aliphatic rings. The Morgan fingerprint density at radius 1 is 0.900 bits per heavy atom. The second kappa shape index (κ2) is 2.31. The van der Waals surface area contributed by atoms with Crippen molar-refractivity contribution in [2.45, 2.75) is 0 Å². The largest absolute Gasteiger partial charge is 0.354 e. The Hall–Kier alpha value is -0.430. The molecule has 0 N–H and O–H groups in total. The monoisotopic (exact) mass is 270 g/mol. The molecule has 0 aromatic rings. The van der Waals surface area contributed by atoms with Gasteiger partial charge in [-0.2, -0.15) is 7.85 Å². The molecule has 0 aliphatic carbocycles. The van der Waals surface area contributed by atoms with Gasteiger partial charge >= 0.3 is 17.8 Å². The molecule has 1 fully saturated rings. The summed E-state index contributed by atoms with van der Waals surface area (Å²) in [5, 5.41) is 0. The van der Waals surface area contributed by atoms with Crippen molar-refractivity contribution in [3.8, 4) is 0 Å². The van der Waals surface area contributed by atoms with Crippen molar-refractivity contribution < 1.29 is 14.4 Å². The molecule has 0 unspecified atom stereocenters. The number of nitrogens with zero attached hydrogens (tertiary/aromatic N) is 2. The van der Waals surface area contributed by atoms with Crippen LogP contribution in [0, 0.1) is 0 Å². The third-order valence-corrected chi connectivity index (χ3v) is 2.13. The zero-order valence-electron chi connectivity index (χ0n) is 4.38. The van der Waals surface area contributed by atoms with E-state index in [0.717, 1.165) is 0 Å². The van der Waals surface area contributed by atoms with Crippen LogP contribution in [0.3, 0.4) is 0 Å². The Bertz CT molecular complexity index is 206. The van der Waals surface area contributed by atoms with Gasteiger partial charge in [-0.15, -0.1) is 0 Å². The van der Waals surface area contributed by atoms with Crippen LogP contribution in [0.2, 0.25) is 0 Å². The molecule has 0 saturated carbocycles. The van der Waals surface area contributed by atoms with E-state index < -0.39 is 17.8 Å².